The van der Waals surface area contributed by atoms with Crippen LogP contribution in [0.4, 0.5) is 4.79 Å². The van der Waals surface area contributed by atoms with Crippen LogP contribution in [-0.2, 0) is 9.53 Å². The zero-order chi connectivity index (χ0) is 18.1. The van der Waals surface area contributed by atoms with Gasteiger partial charge in [0.1, 0.15) is 5.92 Å². The number of esters is 1. The number of fused-ring (bicyclic) bond motifs is 1. The van der Waals surface area contributed by atoms with E-state index in [0.717, 1.165) is 10.9 Å². The molecule has 130 valence electrons. The monoisotopic (exact) mass is 341 g/mol. The summed E-state index contributed by atoms with van der Waals surface area (Å²) >= 11 is 0. The molecule has 1 aromatic heterocycles. The Bertz CT molecular complexity index is 932. The van der Waals surface area contributed by atoms with Crippen LogP contribution in [0.5, 0.6) is 0 Å². The molecule has 2 atom stereocenters. The van der Waals surface area contributed by atoms with E-state index in [-0.39, 0.29) is 23.4 Å². The number of rotatable bonds is 3. The summed E-state index contributed by atoms with van der Waals surface area (Å²) in [6, 6.07) is 5.98. The molecule has 1 fully saturated rings. The third-order valence-electron chi connectivity index (χ3n) is 4.18. The van der Waals surface area contributed by atoms with Crippen LogP contribution in [-0.4, -0.2) is 23.6 Å². The summed E-state index contributed by atoms with van der Waals surface area (Å²) in [5.41, 5.74) is 1.83. The average molecular weight is 341 g/mol. The minimum Gasteiger partial charge on any atom is -0.465 e. The van der Waals surface area contributed by atoms with Crippen LogP contribution in [0.1, 0.15) is 24.1 Å². The Labute approximate surface area is 144 Å². The molecule has 3 N–H and O–H groups in total. The van der Waals surface area contributed by atoms with Gasteiger partial charge in [-0.3, -0.25) is 9.59 Å². The van der Waals surface area contributed by atoms with E-state index in [9.17, 15) is 14.4 Å². The molecule has 0 unspecified atom stereocenters. The number of carbonyl (C=O) groups is 2. The van der Waals surface area contributed by atoms with E-state index in [2.05, 4.69) is 22.2 Å². The van der Waals surface area contributed by atoms with Crippen molar-refractivity contribution in [3.05, 3.63) is 58.0 Å². The highest BCUT2D eigenvalue weighted by molar-refractivity contribution is 5.86. The fourth-order valence-corrected chi connectivity index (χ4v) is 3.02. The maximum absolute atomic E-state index is 12.6. The maximum atomic E-state index is 12.6. The van der Waals surface area contributed by atoms with E-state index in [4.69, 9.17) is 4.74 Å². The number of hydrogen-bond donors (Lipinski definition) is 3. The molecule has 2 amide bonds. The Morgan fingerprint density at radius 1 is 1.28 bits per heavy atom. The number of aromatic amines is 1. The van der Waals surface area contributed by atoms with Crippen LogP contribution in [0, 0.1) is 12.8 Å². The van der Waals surface area contributed by atoms with Gasteiger partial charge in [0.15, 0.2) is 0 Å². The third-order valence-corrected chi connectivity index (χ3v) is 4.18. The van der Waals surface area contributed by atoms with E-state index in [1.165, 1.54) is 0 Å². The summed E-state index contributed by atoms with van der Waals surface area (Å²) in [6.45, 7) is 7.55. The lowest BCUT2D eigenvalue weighted by Crippen LogP contribution is -2.52. The molecule has 7 heteroatoms. The van der Waals surface area contributed by atoms with Crippen molar-refractivity contribution in [1.29, 1.82) is 0 Å². The van der Waals surface area contributed by atoms with Gasteiger partial charge in [-0.2, -0.15) is 0 Å². The van der Waals surface area contributed by atoms with Crippen LogP contribution < -0.4 is 16.2 Å². The van der Waals surface area contributed by atoms with Crippen molar-refractivity contribution >= 4 is 22.9 Å². The first kappa shape index (κ1) is 16.8. The van der Waals surface area contributed by atoms with Gasteiger partial charge in [-0.1, -0.05) is 18.7 Å². The number of aryl methyl sites for hydroxylation is 1. The summed E-state index contributed by atoms with van der Waals surface area (Å²) in [6.07, 6.45) is 0. The van der Waals surface area contributed by atoms with Crippen molar-refractivity contribution in [2.24, 2.45) is 5.92 Å². The fourth-order valence-electron chi connectivity index (χ4n) is 3.02. The quantitative estimate of drug-likeness (QED) is 0.742. The number of pyridine rings is 1. The number of nitrogens with one attached hydrogen (secondary N) is 3. The predicted molar refractivity (Wildman–Crippen MR) is 93.0 cm³/mol. The Morgan fingerprint density at radius 3 is 2.76 bits per heavy atom. The van der Waals surface area contributed by atoms with E-state index in [1.54, 1.807) is 13.0 Å². The molecule has 0 saturated carbocycles. The number of H-pyrrole nitrogens is 1. The number of urea groups is 1. The van der Waals surface area contributed by atoms with Crippen LogP contribution in [0.15, 0.2) is 41.3 Å². The average Bonchev–Trinajstić information content (AvgIpc) is 2.53. The number of amides is 2. The normalized spacial score (nSPS) is 20.1. The summed E-state index contributed by atoms with van der Waals surface area (Å²) in [7, 11) is 0. The molecular weight excluding hydrogens is 322 g/mol. The molecule has 25 heavy (non-hydrogen) atoms. The molecule has 2 heterocycles. The Kier molecular flexibility index (Phi) is 4.31. The highest BCUT2D eigenvalue weighted by atomic mass is 16.5. The van der Waals surface area contributed by atoms with Crippen molar-refractivity contribution in [2.75, 3.05) is 6.61 Å². The Hall–Kier alpha value is -3.09. The van der Waals surface area contributed by atoms with E-state index in [1.807, 2.05) is 25.1 Å². The van der Waals surface area contributed by atoms with Gasteiger partial charge in [0.2, 0.25) is 0 Å². The number of ether oxygens (including phenoxy) is 1. The highest BCUT2D eigenvalue weighted by Crippen LogP contribution is 2.29. The molecule has 0 radical (unpaired) electrons. The van der Waals surface area contributed by atoms with Crippen LogP contribution in [0.3, 0.4) is 0 Å². The van der Waals surface area contributed by atoms with Crippen LogP contribution in [0.25, 0.3) is 10.9 Å². The topological polar surface area (TPSA) is 100 Å². The second-order valence-corrected chi connectivity index (χ2v) is 5.98. The molecule has 0 bridgehead atoms. The third kappa shape index (κ3) is 3.13. The SMILES string of the molecule is C=C1NC(=O)N[C@H](c2cc3ccc(C)cc3[nH]c2=O)[C@H]1C(=O)OCC. The van der Waals surface area contributed by atoms with Gasteiger partial charge in [-0.05, 0) is 36.9 Å². The molecule has 1 aliphatic heterocycles. The van der Waals surface area contributed by atoms with E-state index < -0.39 is 24.0 Å². The van der Waals surface area contributed by atoms with Crippen molar-refractivity contribution in [1.82, 2.24) is 15.6 Å². The molecule has 3 rings (SSSR count). The van der Waals surface area contributed by atoms with Crippen molar-refractivity contribution < 1.29 is 14.3 Å². The fraction of sp³-hybridized carbons (Fsp3) is 0.278. The molecule has 7 nitrogen and oxygen atoms in total. The minimum atomic E-state index is -0.887. The van der Waals surface area contributed by atoms with Gasteiger partial charge < -0.3 is 20.4 Å². The Morgan fingerprint density at radius 2 is 2.04 bits per heavy atom. The zero-order valence-electron chi connectivity index (χ0n) is 14.0. The van der Waals surface area contributed by atoms with Gasteiger partial charge >= 0.3 is 12.0 Å². The number of benzene rings is 1. The lowest BCUT2D eigenvalue weighted by Gasteiger charge is -2.32. The van der Waals surface area contributed by atoms with Crippen LogP contribution >= 0.6 is 0 Å². The molecule has 1 aromatic carbocycles. The largest absolute Gasteiger partial charge is 0.465 e. The number of aromatic nitrogens is 1. The number of carbonyl (C=O) groups excluding carboxylic acids is 2. The second-order valence-electron chi connectivity index (χ2n) is 5.98. The predicted octanol–water partition coefficient (Wildman–Crippen LogP) is 1.88. The van der Waals surface area contributed by atoms with Gasteiger partial charge in [0.25, 0.3) is 5.56 Å². The maximum Gasteiger partial charge on any atom is 0.319 e. The molecule has 2 aromatic rings. The first-order valence-corrected chi connectivity index (χ1v) is 7.97. The van der Waals surface area contributed by atoms with E-state index in [0.29, 0.717) is 5.52 Å². The lowest BCUT2D eigenvalue weighted by molar-refractivity contribution is -0.147. The van der Waals surface area contributed by atoms with Gasteiger partial charge in [-0.15, -0.1) is 0 Å². The van der Waals surface area contributed by atoms with Gasteiger partial charge in [-0.25, -0.2) is 4.79 Å². The smallest absolute Gasteiger partial charge is 0.319 e. The molecule has 1 aliphatic rings. The highest BCUT2D eigenvalue weighted by Gasteiger charge is 2.40. The first-order chi connectivity index (χ1) is 11.9. The van der Waals surface area contributed by atoms with Crippen molar-refractivity contribution in [2.45, 2.75) is 19.9 Å². The molecular formula is C18H19N3O4. The van der Waals surface area contributed by atoms with Gasteiger partial charge in [0, 0.05) is 16.8 Å². The summed E-state index contributed by atoms with van der Waals surface area (Å²) in [4.78, 5) is 39.6. The van der Waals surface area contributed by atoms with E-state index >= 15 is 0 Å². The zero-order valence-corrected chi connectivity index (χ0v) is 14.0. The summed E-state index contributed by atoms with van der Waals surface area (Å²) in [5, 5.41) is 5.92. The van der Waals surface area contributed by atoms with Gasteiger partial charge in [0.05, 0.1) is 12.6 Å². The second kappa shape index (κ2) is 6.43. The number of hydrogen-bond acceptors (Lipinski definition) is 4. The summed E-state index contributed by atoms with van der Waals surface area (Å²) < 4.78 is 5.08. The van der Waals surface area contributed by atoms with Crippen molar-refractivity contribution in [3.8, 4) is 0 Å². The molecule has 1 saturated heterocycles. The van der Waals surface area contributed by atoms with Crippen LogP contribution in [0.2, 0.25) is 0 Å². The molecule has 0 spiro atoms. The summed E-state index contributed by atoms with van der Waals surface area (Å²) in [5.74, 6) is -1.44. The van der Waals surface area contributed by atoms with Crippen molar-refractivity contribution in [3.63, 3.8) is 0 Å². The lowest BCUT2D eigenvalue weighted by atomic mass is 9.89. The standard InChI is InChI=1S/C18H19N3O4/c1-4-25-17(23)14-10(3)19-18(24)21-15(14)12-8-11-6-5-9(2)7-13(11)20-16(12)22/h5-8,14-15H,3-4H2,1-2H3,(H,20,22)(H2,19,21,24)/t14-,15+/m0/s1. The Balaban J connectivity index is 2.11. The first-order valence-electron chi connectivity index (χ1n) is 7.97. The molecule has 0 aliphatic carbocycles. The minimum absolute atomic E-state index is 0.191.